The van der Waals surface area contributed by atoms with Crippen molar-refractivity contribution >= 4 is 0 Å². The lowest BCUT2D eigenvalue weighted by molar-refractivity contribution is -0.142. The fraction of sp³-hybridized carbons (Fsp3) is 0.692. The summed E-state index contributed by atoms with van der Waals surface area (Å²) in [6, 6.07) is 0.0980. The Morgan fingerprint density at radius 2 is 1.95 bits per heavy atom. The van der Waals surface area contributed by atoms with E-state index in [0.717, 1.165) is 6.20 Å². The van der Waals surface area contributed by atoms with E-state index in [1.165, 1.54) is 0 Å². The Hall–Kier alpha value is -1.45. The number of aliphatic hydroxyl groups excluding tert-OH is 2. The second-order valence-electron chi connectivity index (χ2n) is 5.50. The summed E-state index contributed by atoms with van der Waals surface area (Å²) in [7, 11) is 0. The second kappa shape index (κ2) is 6.35. The summed E-state index contributed by atoms with van der Waals surface area (Å²) >= 11 is 0. The first-order valence-corrected chi connectivity index (χ1v) is 6.84. The van der Waals surface area contributed by atoms with Gasteiger partial charge in [-0.05, 0) is 13.8 Å². The quantitative estimate of drug-likeness (QED) is 0.853. The number of β-amino-alcohol motifs (C(OH)–C–C–N with tert-alkyl or cyclic N) is 1. The van der Waals surface area contributed by atoms with Crippen molar-refractivity contribution in [3.8, 4) is 5.88 Å². The number of aliphatic hydroxyl groups is 2. The molecule has 6 nitrogen and oxygen atoms in total. The van der Waals surface area contributed by atoms with E-state index < -0.39 is 30.2 Å². The minimum atomic E-state index is -4.62. The average Bonchev–Trinajstić information content (AvgIpc) is 2.43. The van der Waals surface area contributed by atoms with Crippen molar-refractivity contribution < 1.29 is 28.1 Å². The molecule has 1 saturated heterocycles. The maximum absolute atomic E-state index is 12.6. The molecule has 0 saturated carbocycles. The van der Waals surface area contributed by atoms with E-state index in [1.807, 2.05) is 18.7 Å². The summed E-state index contributed by atoms with van der Waals surface area (Å²) in [5.41, 5.74) is -1.17. The molecule has 1 aliphatic rings. The fourth-order valence-corrected chi connectivity index (χ4v) is 2.23. The molecular weight excluding hydrogens is 303 g/mol. The molecule has 0 spiro atoms. The molecule has 1 aromatic heterocycles. The van der Waals surface area contributed by atoms with E-state index in [2.05, 4.69) is 9.97 Å². The van der Waals surface area contributed by atoms with Crippen LogP contribution < -0.4 is 4.74 Å². The number of likely N-dealkylation sites (tertiary alicyclic amines) is 1. The Labute approximate surface area is 125 Å². The molecule has 0 aliphatic carbocycles. The fourth-order valence-electron chi connectivity index (χ4n) is 2.23. The highest BCUT2D eigenvalue weighted by Gasteiger charge is 2.38. The van der Waals surface area contributed by atoms with Gasteiger partial charge in [0, 0.05) is 19.1 Å². The topological polar surface area (TPSA) is 78.7 Å². The summed E-state index contributed by atoms with van der Waals surface area (Å²) in [5, 5.41) is 19.8. The van der Waals surface area contributed by atoms with Crippen molar-refractivity contribution in [2.45, 2.75) is 44.4 Å². The maximum atomic E-state index is 12.6. The molecule has 2 N–H and O–H groups in total. The average molecular weight is 321 g/mol. The van der Waals surface area contributed by atoms with Gasteiger partial charge in [0.15, 0.2) is 5.69 Å². The Morgan fingerprint density at radius 3 is 2.55 bits per heavy atom. The summed E-state index contributed by atoms with van der Waals surface area (Å²) in [6.07, 6.45) is -6.11. The smallest absolute Gasteiger partial charge is 0.435 e. The van der Waals surface area contributed by atoms with Crippen molar-refractivity contribution in [3.05, 3.63) is 18.1 Å². The van der Waals surface area contributed by atoms with Crippen LogP contribution in [-0.2, 0) is 6.18 Å². The molecule has 0 radical (unpaired) electrons. The molecule has 124 valence electrons. The molecule has 2 heterocycles. The molecule has 0 amide bonds. The van der Waals surface area contributed by atoms with Crippen LogP contribution in [0.1, 0.15) is 19.5 Å². The number of hydrogen-bond donors (Lipinski definition) is 2. The highest BCUT2D eigenvalue weighted by atomic mass is 19.4. The van der Waals surface area contributed by atoms with Crippen LogP contribution in [0.4, 0.5) is 13.2 Å². The van der Waals surface area contributed by atoms with Crippen LogP contribution >= 0.6 is 0 Å². The third-order valence-electron chi connectivity index (χ3n) is 3.52. The van der Waals surface area contributed by atoms with Gasteiger partial charge in [-0.15, -0.1) is 0 Å². The number of rotatable bonds is 3. The van der Waals surface area contributed by atoms with Gasteiger partial charge in [0.25, 0.3) is 0 Å². The van der Waals surface area contributed by atoms with Crippen molar-refractivity contribution in [2.75, 3.05) is 13.1 Å². The third kappa shape index (κ3) is 3.84. The number of alkyl halides is 3. The first-order chi connectivity index (χ1) is 10.2. The minimum Gasteiger partial charge on any atom is -0.469 e. The highest BCUT2D eigenvalue weighted by Crippen LogP contribution is 2.28. The van der Waals surface area contributed by atoms with Gasteiger partial charge in [-0.2, -0.15) is 13.2 Å². The van der Waals surface area contributed by atoms with Gasteiger partial charge in [0.1, 0.15) is 12.2 Å². The highest BCUT2D eigenvalue weighted by molar-refractivity contribution is 5.11. The molecule has 2 rings (SSSR count). The minimum absolute atomic E-state index is 0.0980. The van der Waals surface area contributed by atoms with Crippen molar-refractivity contribution in [3.63, 3.8) is 0 Å². The predicted octanol–water partition coefficient (Wildman–Crippen LogP) is 0.689. The molecule has 1 aromatic rings. The van der Waals surface area contributed by atoms with E-state index >= 15 is 0 Å². The Morgan fingerprint density at radius 1 is 1.27 bits per heavy atom. The van der Waals surface area contributed by atoms with Crippen LogP contribution in [0, 0.1) is 0 Å². The summed E-state index contributed by atoms with van der Waals surface area (Å²) < 4.78 is 43.1. The zero-order chi connectivity index (χ0) is 16.5. The molecule has 0 bridgehead atoms. The third-order valence-corrected chi connectivity index (χ3v) is 3.52. The van der Waals surface area contributed by atoms with Gasteiger partial charge in [-0.3, -0.25) is 9.88 Å². The molecule has 22 heavy (non-hydrogen) atoms. The van der Waals surface area contributed by atoms with Gasteiger partial charge in [0.05, 0.1) is 18.5 Å². The summed E-state index contributed by atoms with van der Waals surface area (Å²) in [4.78, 5) is 8.66. The lowest BCUT2D eigenvalue weighted by Crippen LogP contribution is -2.58. The van der Waals surface area contributed by atoms with Crippen molar-refractivity contribution in [1.29, 1.82) is 0 Å². The van der Waals surface area contributed by atoms with Gasteiger partial charge >= 0.3 is 6.18 Å². The van der Waals surface area contributed by atoms with Crippen molar-refractivity contribution in [2.24, 2.45) is 0 Å². The lowest BCUT2D eigenvalue weighted by Gasteiger charge is -2.40. The normalized spacial score (nSPS) is 27.2. The van der Waals surface area contributed by atoms with E-state index in [-0.39, 0.29) is 25.0 Å². The van der Waals surface area contributed by atoms with Crippen LogP contribution in [0.5, 0.6) is 5.88 Å². The molecule has 3 atom stereocenters. The van der Waals surface area contributed by atoms with Gasteiger partial charge in [-0.1, -0.05) is 0 Å². The standard InChI is InChI=1S/C13H18F3N3O3/c1-7(2)19-5-8(20)12(21)9(6-19)22-11-4-17-3-10(18-11)13(14,15)16/h3-4,7-9,12,20-21H,5-6H2,1-2H3/t8-,9-,12-/m0/s1. The van der Waals surface area contributed by atoms with Crippen LogP contribution in [0.2, 0.25) is 0 Å². The van der Waals surface area contributed by atoms with E-state index in [4.69, 9.17) is 4.74 Å². The van der Waals surface area contributed by atoms with Crippen LogP contribution in [0.3, 0.4) is 0 Å². The molecular formula is C13H18F3N3O3. The van der Waals surface area contributed by atoms with E-state index in [1.54, 1.807) is 0 Å². The number of nitrogens with zero attached hydrogens (tertiary/aromatic N) is 3. The Bertz CT molecular complexity index is 513. The number of aromatic nitrogens is 2. The summed E-state index contributed by atoms with van der Waals surface area (Å²) in [5.74, 6) is -0.336. The zero-order valence-electron chi connectivity index (χ0n) is 12.2. The predicted molar refractivity (Wildman–Crippen MR) is 70.2 cm³/mol. The van der Waals surface area contributed by atoms with Gasteiger partial charge in [-0.25, -0.2) is 4.98 Å². The Kier molecular flexibility index (Phi) is 4.88. The molecule has 0 aromatic carbocycles. The molecule has 0 unspecified atom stereocenters. The molecule has 1 fully saturated rings. The van der Waals surface area contributed by atoms with Crippen LogP contribution in [-0.4, -0.2) is 62.5 Å². The van der Waals surface area contributed by atoms with Gasteiger partial charge < -0.3 is 14.9 Å². The summed E-state index contributed by atoms with van der Waals surface area (Å²) in [6.45, 7) is 4.36. The molecule has 9 heteroatoms. The zero-order valence-corrected chi connectivity index (χ0v) is 12.2. The second-order valence-corrected chi connectivity index (χ2v) is 5.50. The van der Waals surface area contributed by atoms with Gasteiger partial charge in [0.2, 0.25) is 5.88 Å². The lowest BCUT2D eigenvalue weighted by atomic mass is 10.0. The van der Waals surface area contributed by atoms with E-state index in [9.17, 15) is 23.4 Å². The number of ether oxygens (including phenoxy) is 1. The first kappa shape index (κ1) is 16.9. The number of piperidine rings is 1. The SMILES string of the molecule is CC(C)N1C[C@H](Oc2cncc(C(F)(F)F)n2)[C@@H](O)[C@@H](O)C1. The first-order valence-electron chi connectivity index (χ1n) is 6.84. The Balaban J connectivity index is 2.14. The number of halogens is 3. The van der Waals surface area contributed by atoms with Crippen LogP contribution in [0.15, 0.2) is 12.4 Å². The largest absolute Gasteiger partial charge is 0.469 e. The molecule has 1 aliphatic heterocycles. The van der Waals surface area contributed by atoms with Crippen molar-refractivity contribution in [1.82, 2.24) is 14.9 Å². The van der Waals surface area contributed by atoms with E-state index in [0.29, 0.717) is 6.20 Å². The monoisotopic (exact) mass is 321 g/mol. The number of hydrogen-bond acceptors (Lipinski definition) is 6. The maximum Gasteiger partial charge on any atom is 0.435 e. The van der Waals surface area contributed by atoms with Crippen LogP contribution in [0.25, 0.3) is 0 Å².